The van der Waals surface area contributed by atoms with Gasteiger partial charge in [-0.3, -0.25) is 0 Å². The summed E-state index contributed by atoms with van der Waals surface area (Å²) < 4.78 is 26.6. The number of hydrogen-bond donors (Lipinski definition) is 3. The normalized spacial score (nSPS) is 11.6. The minimum absolute atomic E-state index is 0.0114. The van der Waals surface area contributed by atoms with E-state index < -0.39 is 10.0 Å². The van der Waals surface area contributed by atoms with Crippen LogP contribution in [0.1, 0.15) is 20.8 Å². The van der Waals surface area contributed by atoms with Gasteiger partial charge in [0.1, 0.15) is 12.0 Å². The van der Waals surface area contributed by atoms with Crippen LogP contribution in [0.4, 0.5) is 23.0 Å². The molecule has 0 fully saturated rings. The summed E-state index contributed by atoms with van der Waals surface area (Å²) >= 11 is 0. The predicted molar refractivity (Wildman–Crippen MR) is 111 cm³/mol. The van der Waals surface area contributed by atoms with Crippen LogP contribution in [0, 0.1) is 0 Å². The quantitative estimate of drug-likeness (QED) is 0.542. The maximum atomic E-state index is 12.6. The van der Waals surface area contributed by atoms with Gasteiger partial charge in [0.05, 0.1) is 11.5 Å². The maximum absolute atomic E-state index is 12.6. The van der Waals surface area contributed by atoms with Gasteiger partial charge in [0.15, 0.2) is 11.6 Å². The van der Waals surface area contributed by atoms with Gasteiger partial charge in [-0.15, -0.1) is 0 Å². The summed E-state index contributed by atoms with van der Waals surface area (Å²) in [5, 5.41) is 12.3. The van der Waals surface area contributed by atoms with E-state index in [1.165, 1.54) is 10.6 Å². The third-order valence-electron chi connectivity index (χ3n) is 4.37. The Morgan fingerprint density at radius 3 is 2.25 bits per heavy atom. The summed E-state index contributed by atoms with van der Waals surface area (Å²) in [5.41, 5.74) is 7.21. The smallest absolute Gasteiger partial charge is 0.243 e. The van der Waals surface area contributed by atoms with Crippen molar-refractivity contribution in [1.82, 2.24) is 14.3 Å². The van der Waals surface area contributed by atoms with E-state index in [0.29, 0.717) is 49.2 Å². The van der Waals surface area contributed by atoms with Gasteiger partial charge in [0, 0.05) is 31.9 Å². The van der Waals surface area contributed by atoms with Crippen molar-refractivity contribution in [2.75, 3.05) is 48.7 Å². The van der Waals surface area contributed by atoms with Gasteiger partial charge >= 0.3 is 0 Å². The fourth-order valence-electron chi connectivity index (χ4n) is 2.83. The van der Waals surface area contributed by atoms with Crippen LogP contribution in [0.5, 0.6) is 0 Å². The number of aliphatic hydroxyl groups is 1. The number of aromatic nitrogens is 2. The molecule has 10 heteroatoms. The zero-order chi connectivity index (χ0) is 20.7. The highest BCUT2D eigenvalue weighted by Gasteiger charge is 2.21. The third kappa shape index (κ3) is 4.70. The molecule has 0 spiro atoms. The lowest BCUT2D eigenvalue weighted by Crippen LogP contribution is -2.30. The Hall–Kier alpha value is -2.43. The second kappa shape index (κ2) is 9.67. The van der Waals surface area contributed by atoms with Gasteiger partial charge < -0.3 is 21.1 Å². The van der Waals surface area contributed by atoms with Crippen LogP contribution in [0.2, 0.25) is 0 Å². The molecule has 0 radical (unpaired) electrons. The molecular formula is C18H28N6O3S. The van der Waals surface area contributed by atoms with Crippen LogP contribution in [0.15, 0.2) is 35.5 Å². The number of benzene rings is 1. The molecule has 28 heavy (non-hydrogen) atoms. The molecule has 154 valence electrons. The average molecular weight is 409 g/mol. The van der Waals surface area contributed by atoms with Gasteiger partial charge in [-0.05, 0) is 31.2 Å². The summed E-state index contributed by atoms with van der Waals surface area (Å²) in [7, 11) is -3.50. The highest BCUT2D eigenvalue weighted by Crippen LogP contribution is 2.29. The van der Waals surface area contributed by atoms with E-state index in [1.807, 2.05) is 25.7 Å². The van der Waals surface area contributed by atoms with E-state index in [4.69, 9.17) is 5.73 Å². The Morgan fingerprint density at radius 1 is 1.07 bits per heavy atom. The van der Waals surface area contributed by atoms with Crippen LogP contribution in [-0.4, -0.2) is 60.6 Å². The first kappa shape index (κ1) is 21.9. The first-order chi connectivity index (χ1) is 13.4. The lowest BCUT2D eigenvalue weighted by Gasteiger charge is -2.23. The molecule has 2 rings (SSSR count). The Balaban J connectivity index is 2.26. The Labute approximate surface area is 166 Å². The fourth-order valence-corrected chi connectivity index (χ4v) is 4.29. The molecule has 4 N–H and O–H groups in total. The van der Waals surface area contributed by atoms with Crippen molar-refractivity contribution in [2.45, 2.75) is 25.7 Å². The largest absolute Gasteiger partial charge is 0.395 e. The van der Waals surface area contributed by atoms with Crippen molar-refractivity contribution in [3.05, 3.63) is 30.6 Å². The molecule has 0 aliphatic heterocycles. The van der Waals surface area contributed by atoms with Crippen LogP contribution in [-0.2, 0) is 10.0 Å². The topological polar surface area (TPSA) is 125 Å². The highest BCUT2D eigenvalue weighted by atomic mass is 32.2. The summed E-state index contributed by atoms with van der Waals surface area (Å²) in [6, 6.07) is 6.45. The van der Waals surface area contributed by atoms with Gasteiger partial charge in [-0.2, -0.15) is 4.31 Å². The second-order valence-corrected chi connectivity index (χ2v) is 7.94. The lowest BCUT2D eigenvalue weighted by molar-refractivity contribution is 0.302. The summed E-state index contributed by atoms with van der Waals surface area (Å²) in [6.07, 6.45) is 1.40. The number of hydrogen-bond acceptors (Lipinski definition) is 8. The van der Waals surface area contributed by atoms with E-state index in [9.17, 15) is 13.5 Å². The molecular weight excluding hydrogens is 380 g/mol. The Kier molecular flexibility index (Phi) is 7.55. The minimum atomic E-state index is -3.50. The molecule has 0 aliphatic rings. The molecule has 9 nitrogen and oxygen atoms in total. The maximum Gasteiger partial charge on any atom is 0.243 e. The van der Waals surface area contributed by atoms with Crippen molar-refractivity contribution in [3.63, 3.8) is 0 Å². The SMILES string of the molecule is CCN(CCO)c1ncnc(Nc2ccc(S(=O)(=O)N(CC)CC)cc2)c1N. The van der Waals surface area contributed by atoms with Gasteiger partial charge in [-0.1, -0.05) is 13.8 Å². The zero-order valence-corrected chi connectivity index (χ0v) is 17.3. The number of aliphatic hydroxyl groups excluding tert-OH is 1. The lowest BCUT2D eigenvalue weighted by atomic mass is 10.3. The molecule has 2 aromatic rings. The van der Waals surface area contributed by atoms with Crippen molar-refractivity contribution in [1.29, 1.82) is 0 Å². The van der Waals surface area contributed by atoms with Crippen molar-refractivity contribution < 1.29 is 13.5 Å². The molecule has 1 aromatic heterocycles. The van der Waals surface area contributed by atoms with Crippen molar-refractivity contribution in [3.8, 4) is 0 Å². The van der Waals surface area contributed by atoms with Crippen LogP contribution in [0.25, 0.3) is 0 Å². The number of nitrogen functional groups attached to an aromatic ring is 1. The number of sulfonamides is 1. The van der Waals surface area contributed by atoms with Gasteiger partial charge in [0.25, 0.3) is 0 Å². The predicted octanol–water partition coefficient (Wildman–Crippen LogP) is 1.65. The van der Waals surface area contributed by atoms with Crippen molar-refractivity contribution >= 4 is 33.0 Å². The number of rotatable bonds is 10. The molecule has 0 saturated heterocycles. The van der Waals surface area contributed by atoms with E-state index in [-0.39, 0.29) is 11.5 Å². The first-order valence-corrected chi connectivity index (χ1v) is 10.7. The molecule has 0 aliphatic carbocycles. The van der Waals surface area contributed by atoms with Crippen LogP contribution in [0.3, 0.4) is 0 Å². The standard InChI is InChI=1S/C18H28N6O3S/c1-4-23(11-12-25)18-16(19)17(20-13-21-18)22-14-7-9-15(10-8-14)28(26,27)24(5-2)6-3/h7-10,13,25H,4-6,11-12,19H2,1-3H3,(H,20,21,22). The fraction of sp³-hybridized carbons (Fsp3) is 0.444. The highest BCUT2D eigenvalue weighted by molar-refractivity contribution is 7.89. The van der Waals surface area contributed by atoms with E-state index in [1.54, 1.807) is 24.3 Å². The van der Waals surface area contributed by atoms with E-state index in [2.05, 4.69) is 15.3 Å². The number of likely N-dealkylation sites (N-methyl/N-ethyl adjacent to an activating group) is 1. The van der Waals surface area contributed by atoms with Gasteiger partial charge in [0.2, 0.25) is 10.0 Å². The summed E-state index contributed by atoms with van der Waals surface area (Å²) in [5.74, 6) is 0.954. The Bertz CT molecular complexity index is 869. The zero-order valence-electron chi connectivity index (χ0n) is 16.5. The van der Waals surface area contributed by atoms with E-state index >= 15 is 0 Å². The molecule has 0 bridgehead atoms. The third-order valence-corrected chi connectivity index (χ3v) is 6.44. The Morgan fingerprint density at radius 2 is 1.71 bits per heavy atom. The molecule has 0 atom stereocenters. The molecule has 0 amide bonds. The summed E-state index contributed by atoms with van der Waals surface area (Å²) in [4.78, 5) is 10.5. The summed E-state index contributed by atoms with van der Waals surface area (Å²) in [6.45, 7) is 7.43. The molecule has 1 aromatic carbocycles. The number of nitrogens with zero attached hydrogens (tertiary/aromatic N) is 4. The molecule has 0 saturated carbocycles. The average Bonchev–Trinajstić information content (AvgIpc) is 2.69. The monoisotopic (exact) mass is 408 g/mol. The number of nitrogens with two attached hydrogens (primary N) is 1. The van der Waals surface area contributed by atoms with E-state index in [0.717, 1.165) is 0 Å². The minimum Gasteiger partial charge on any atom is -0.395 e. The number of anilines is 4. The second-order valence-electron chi connectivity index (χ2n) is 6.00. The van der Waals surface area contributed by atoms with Crippen LogP contribution >= 0.6 is 0 Å². The molecule has 0 unspecified atom stereocenters. The van der Waals surface area contributed by atoms with Gasteiger partial charge in [-0.25, -0.2) is 18.4 Å². The van der Waals surface area contributed by atoms with Crippen LogP contribution < -0.4 is 16.0 Å². The molecule has 1 heterocycles. The van der Waals surface area contributed by atoms with Crippen molar-refractivity contribution in [2.24, 2.45) is 0 Å². The first-order valence-electron chi connectivity index (χ1n) is 9.22. The number of nitrogens with one attached hydrogen (secondary N) is 1.